The Kier molecular flexibility index (Phi) is 6.78. The van der Waals surface area contributed by atoms with Crippen LogP contribution in [0.2, 0.25) is 0 Å². The number of carbonyl (C=O) groups is 2. The highest BCUT2D eigenvalue weighted by Crippen LogP contribution is 2.21. The fourth-order valence-electron chi connectivity index (χ4n) is 2.51. The normalized spacial score (nSPS) is 11.7. The third kappa shape index (κ3) is 5.09. The molecule has 26 heavy (non-hydrogen) atoms. The summed E-state index contributed by atoms with van der Waals surface area (Å²) >= 11 is 0. The molecule has 0 bridgehead atoms. The van der Waals surface area contributed by atoms with Crippen LogP contribution in [-0.4, -0.2) is 24.0 Å². The molecule has 138 valence electrons. The molecule has 0 aliphatic heterocycles. The molecule has 2 amide bonds. The van der Waals surface area contributed by atoms with Gasteiger partial charge in [0.25, 0.3) is 11.8 Å². The molecule has 0 aliphatic rings. The third-order valence-corrected chi connectivity index (χ3v) is 3.88. The van der Waals surface area contributed by atoms with Crippen molar-refractivity contribution < 1.29 is 14.3 Å². The second-order valence-corrected chi connectivity index (χ2v) is 6.44. The van der Waals surface area contributed by atoms with Crippen molar-refractivity contribution in [3.8, 4) is 5.75 Å². The number of hydrogen-bond acceptors (Lipinski definition) is 3. The lowest BCUT2D eigenvalue weighted by atomic mass is 10.1. The van der Waals surface area contributed by atoms with Crippen molar-refractivity contribution in [3.63, 3.8) is 0 Å². The molecule has 0 saturated heterocycles. The van der Waals surface area contributed by atoms with Gasteiger partial charge in [-0.1, -0.05) is 37.3 Å². The Hall–Kier alpha value is -2.82. The van der Waals surface area contributed by atoms with Gasteiger partial charge >= 0.3 is 0 Å². The summed E-state index contributed by atoms with van der Waals surface area (Å²) in [6.45, 7) is 7.61. The molecule has 0 radical (unpaired) electrons. The Morgan fingerprint density at radius 2 is 1.69 bits per heavy atom. The van der Waals surface area contributed by atoms with Crippen molar-refractivity contribution in [3.05, 3.63) is 59.7 Å². The number of rotatable bonds is 7. The number of anilines is 1. The Morgan fingerprint density at radius 1 is 1.04 bits per heavy atom. The summed E-state index contributed by atoms with van der Waals surface area (Å²) in [6.07, 6.45) is -0.127. The first-order valence-electron chi connectivity index (χ1n) is 8.85. The second-order valence-electron chi connectivity index (χ2n) is 6.44. The van der Waals surface area contributed by atoms with Crippen LogP contribution in [0.15, 0.2) is 48.5 Å². The zero-order chi connectivity index (χ0) is 19.1. The number of amides is 2. The molecule has 2 N–H and O–H groups in total. The summed E-state index contributed by atoms with van der Waals surface area (Å²) < 4.78 is 5.88. The van der Waals surface area contributed by atoms with Crippen LogP contribution in [0.25, 0.3) is 0 Å². The fraction of sp³-hybridized carbons (Fsp3) is 0.333. The minimum atomic E-state index is -0.641. The predicted molar refractivity (Wildman–Crippen MR) is 104 cm³/mol. The van der Waals surface area contributed by atoms with Crippen LogP contribution in [0.5, 0.6) is 5.75 Å². The molecule has 1 atom stereocenters. The molecular formula is C21H26N2O3. The maximum Gasteiger partial charge on any atom is 0.265 e. The number of ether oxygens (including phenoxy) is 1. The minimum Gasteiger partial charge on any atom is -0.480 e. The van der Waals surface area contributed by atoms with E-state index in [-0.39, 0.29) is 17.9 Å². The standard InChI is InChI=1S/C21H26N2O3/c1-5-18(26-19-13-9-6-10-15(19)4)21(25)23-17-12-8-7-11-16(17)20(24)22-14(2)3/h6-14,18H,5H2,1-4H3,(H,22,24)(H,23,25)/t18-/m0/s1. The van der Waals surface area contributed by atoms with Crippen molar-refractivity contribution in [2.45, 2.75) is 46.3 Å². The van der Waals surface area contributed by atoms with E-state index < -0.39 is 6.10 Å². The van der Waals surface area contributed by atoms with Gasteiger partial charge in [-0.3, -0.25) is 9.59 Å². The average Bonchev–Trinajstić information content (AvgIpc) is 2.60. The summed E-state index contributed by atoms with van der Waals surface area (Å²) in [4.78, 5) is 25.0. The lowest BCUT2D eigenvalue weighted by Crippen LogP contribution is -2.34. The van der Waals surface area contributed by atoms with Crippen LogP contribution in [0, 0.1) is 6.92 Å². The van der Waals surface area contributed by atoms with Gasteiger partial charge in [0.15, 0.2) is 6.10 Å². The molecule has 0 saturated carbocycles. The molecule has 0 spiro atoms. The first kappa shape index (κ1) is 19.5. The minimum absolute atomic E-state index is 0.0130. The van der Waals surface area contributed by atoms with E-state index in [4.69, 9.17) is 4.74 Å². The van der Waals surface area contributed by atoms with Gasteiger partial charge in [0.05, 0.1) is 11.3 Å². The summed E-state index contributed by atoms with van der Waals surface area (Å²) in [6, 6.07) is 14.5. The molecule has 5 heteroatoms. The van der Waals surface area contributed by atoms with Crippen LogP contribution in [0.4, 0.5) is 5.69 Å². The van der Waals surface area contributed by atoms with E-state index in [2.05, 4.69) is 10.6 Å². The Balaban J connectivity index is 2.15. The number of benzene rings is 2. The van der Waals surface area contributed by atoms with Gasteiger partial charge in [-0.2, -0.15) is 0 Å². The van der Waals surface area contributed by atoms with E-state index >= 15 is 0 Å². The maximum absolute atomic E-state index is 12.7. The zero-order valence-electron chi connectivity index (χ0n) is 15.7. The molecule has 0 aromatic heterocycles. The molecule has 0 heterocycles. The number of hydrogen-bond donors (Lipinski definition) is 2. The topological polar surface area (TPSA) is 67.4 Å². The third-order valence-electron chi connectivity index (χ3n) is 3.88. The fourth-order valence-corrected chi connectivity index (χ4v) is 2.51. The molecule has 5 nitrogen and oxygen atoms in total. The van der Waals surface area contributed by atoms with Gasteiger partial charge in [0, 0.05) is 6.04 Å². The zero-order valence-corrected chi connectivity index (χ0v) is 15.7. The smallest absolute Gasteiger partial charge is 0.265 e. The lowest BCUT2D eigenvalue weighted by molar-refractivity contribution is -0.122. The van der Waals surface area contributed by atoms with E-state index in [1.807, 2.05) is 52.0 Å². The molecule has 2 rings (SSSR count). The van der Waals surface area contributed by atoms with Crippen LogP contribution in [0.1, 0.15) is 43.1 Å². The van der Waals surface area contributed by atoms with Crippen molar-refractivity contribution in [1.29, 1.82) is 0 Å². The monoisotopic (exact) mass is 354 g/mol. The van der Waals surface area contributed by atoms with Gasteiger partial charge < -0.3 is 15.4 Å². The van der Waals surface area contributed by atoms with Crippen LogP contribution < -0.4 is 15.4 Å². The highest BCUT2D eigenvalue weighted by Gasteiger charge is 2.21. The van der Waals surface area contributed by atoms with Gasteiger partial charge in [-0.15, -0.1) is 0 Å². The highest BCUT2D eigenvalue weighted by molar-refractivity contribution is 6.04. The van der Waals surface area contributed by atoms with Gasteiger partial charge in [0.2, 0.25) is 0 Å². The summed E-state index contributed by atoms with van der Waals surface area (Å²) in [5.41, 5.74) is 1.87. The highest BCUT2D eigenvalue weighted by atomic mass is 16.5. The van der Waals surface area contributed by atoms with Crippen LogP contribution in [0.3, 0.4) is 0 Å². The van der Waals surface area contributed by atoms with Crippen molar-refractivity contribution in [2.24, 2.45) is 0 Å². The molecule has 2 aromatic carbocycles. The van der Waals surface area contributed by atoms with Gasteiger partial charge in [0.1, 0.15) is 5.75 Å². The number of nitrogens with one attached hydrogen (secondary N) is 2. The Morgan fingerprint density at radius 3 is 2.35 bits per heavy atom. The van der Waals surface area contributed by atoms with E-state index in [0.717, 1.165) is 5.56 Å². The van der Waals surface area contributed by atoms with Crippen molar-refractivity contribution in [2.75, 3.05) is 5.32 Å². The van der Waals surface area contributed by atoms with Crippen LogP contribution >= 0.6 is 0 Å². The SMILES string of the molecule is CC[C@H](Oc1ccccc1C)C(=O)Nc1ccccc1C(=O)NC(C)C. The van der Waals surface area contributed by atoms with Gasteiger partial charge in [-0.25, -0.2) is 0 Å². The van der Waals surface area contributed by atoms with Crippen LogP contribution in [-0.2, 0) is 4.79 Å². The Bertz CT molecular complexity index is 771. The lowest BCUT2D eigenvalue weighted by Gasteiger charge is -2.19. The molecule has 0 aliphatic carbocycles. The first-order valence-corrected chi connectivity index (χ1v) is 8.85. The quantitative estimate of drug-likeness (QED) is 0.792. The Labute approximate surface area is 154 Å². The largest absolute Gasteiger partial charge is 0.480 e. The van der Waals surface area contributed by atoms with E-state index in [0.29, 0.717) is 23.4 Å². The summed E-state index contributed by atoms with van der Waals surface area (Å²) in [5.74, 6) is 0.185. The molecule has 0 fully saturated rings. The molecular weight excluding hydrogens is 328 g/mol. The maximum atomic E-state index is 12.7. The number of para-hydroxylation sites is 2. The first-order chi connectivity index (χ1) is 12.4. The van der Waals surface area contributed by atoms with Crippen molar-refractivity contribution >= 4 is 17.5 Å². The van der Waals surface area contributed by atoms with E-state index in [1.54, 1.807) is 24.3 Å². The second kappa shape index (κ2) is 9.04. The van der Waals surface area contributed by atoms with E-state index in [1.165, 1.54) is 0 Å². The molecule has 0 unspecified atom stereocenters. The van der Waals surface area contributed by atoms with Crippen molar-refractivity contribution in [1.82, 2.24) is 5.32 Å². The number of aryl methyl sites for hydroxylation is 1. The number of carbonyl (C=O) groups excluding carboxylic acids is 2. The summed E-state index contributed by atoms with van der Waals surface area (Å²) in [7, 11) is 0. The average molecular weight is 354 g/mol. The molecule has 2 aromatic rings. The predicted octanol–water partition coefficient (Wildman–Crippen LogP) is 3.93. The van der Waals surface area contributed by atoms with E-state index in [9.17, 15) is 9.59 Å². The summed E-state index contributed by atoms with van der Waals surface area (Å²) in [5, 5.41) is 5.67. The van der Waals surface area contributed by atoms with Gasteiger partial charge in [-0.05, 0) is 51.0 Å².